The van der Waals surface area contributed by atoms with Crippen LogP contribution in [0.1, 0.15) is 33.5 Å². The first kappa shape index (κ1) is 14.9. The van der Waals surface area contributed by atoms with Crippen molar-refractivity contribution in [1.29, 1.82) is 0 Å². The average molecular weight is 275 g/mol. The number of imidazole rings is 1. The lowest BCUT2D eigenvalue weighted by molar-refractivity contribution is 0.340. The van der Waals surface area contributed by atoms with Crippen LogP contribution in [0, 0.1) is 0 Å². The molecule has 20 heavy (non-hydrogen) atoms. The minimum absolute atomic E-state index is 0.513. The number of aryl methyl sites for hydroxylation is 1. The van der Waals surface area contributed by atoms with Crippen molar-refractivity contribution >= 4 is 11.0 Å². The molecular formula is C16H25N3O. The van der Waals surface area contributed by atoms with Crippen LogP contribution in [-0.2, 0) is 13.0 Å². The molecule has 0 saturated heterocycles. The van der Waals surface area contributed by atoms with Crippen molar-refractivity contribution in [1.82, 2.24) is 14.9 Å². The van der Waals surface area contributed by atoms with Crippen LogP contribution in [0.2, 0.25) is 0 Å². The van der Waals surface area contributed by atoms with Crippen molar-refractivity contribution in [2.75, 3.05) is 13.2 Å². The lowest BCUT2D eigenvalue weighted by atomic mass is 10.3. The topological polar surface area (TPSA) is 39.1 Å². The Hall–Kier alpha value is -1.55. The molecule has 0 saturated carbocycles. The number of hydrogen-bond donors (Lipinski definition) is 1. The Morgan fingerprint density at radius 2 is 2.10 bits per heavy atom. The number of nitrogens with zero attached hydrogens (tertiary/aromatic N) is 2. The van der Waals surface area contributed by atoms with Gasteiger partial charge in [0.1, 0.15) is 11.6 Å². The SMILES string of the molecule is CCOc1ccc2c(c1)nc(CCNC(C)C)n2CC. The van der Waals surface area contributed by atoms with E-state index in [1.807, 2.05) is 19.1 Å². The Morgan fingerprint density at radius 3 is 2.75 bits per heavy atom. The Kier molecular flexibility index (Phi) is 5.01. The van der Waals surface area contributed by atoms with Crippen molar-refractivity contribution in [2.24, 2.45) is 0 Å². The van der Waals surface area contributed by atoms with Crippen molar-refractivity contribution in [3.8, 4) is 5.75 Å². The number of aromatic nitrogens is 2. The van der Waals surface area contributed by atoms with Crippen molar-refractivity contribution in [3.63, 3.8) is 0 Å². The lowest BCUT2D eigenvalue weighted by Crippen LogP contribution is -2.25. The molecule has 2 aromatic rings. The Balaban J connectivity index is 2.25. The molecule has 1 aromatic carbocycles. The summed E-state index contributed by atoms with van der Waals surface area (Å²) in [5.74, 6) is 2.04. The van der Waals surface area contributed by atoms with Crippen LogP contribution in [-0.4, -0.2) is 28.7 Å². The maximum absolute atomic E-state index is 5.55. The predicted molar refractivity (Wildman–Crippen MR) is 83.4 cm³/mol. The van der Waals surface area contributed by atoms with Crippen LogP contribution >= 0.6 is 0 Å². The summed E-state index contributed by atoms with van der Waals surface area (Å²) in [6, 6.07) is 6.68. The molecule has 2 rings (SSSR count). The summed E-state index contributed by atoms with van der Waals surface area (Å²) in [4.78, 5) is 4.77. The van der Waals surface area contributed by atoms with Gasteiger partial charge in [-0.15, -0.1) is 0 Å². The van der Waals surface area contributed by atoms with Crippen LogP contribution in [0.3, 0.4) is 0 Å². The minimum atomic E-state index is 0.513. The predicted octanol–water partition coefficient (Wildman–Crippen LogP) is 3.00. The standard InChI is InChI=1S/C16H25N3O/c1-5-19-15-8-7-13(20-6-2)11-14(15)18-16(19)9-10-17-12(3)4/h7-8,11-12,17H,5-6,9-10H2,1-4H3. The molecule has 0 radical (unpaired) electrons. The molecule has 0 atom stereocenters. The molecule has 0 amide bonds. The zero-order valence-electron chi connectivity index (χ0n) is 12.9. The van der Waals surface area contributed by atoms with E-state index < -0.39 is 0 Å². The molecule has 1 N–H and O–H groups in total. The number of fused-ring (bicyclic) bond motifs is 1. The summed E-state index contributed by atoms with van der Waals surface area (Å²) in [6.45, 7) is 11.1. The summed E-state index contributed by atoms with van der Waals surface area (Å²) >= 11 is 0. The third-order valence-corrected chi connectivity index (χ3v) is 3.33. The summed E-state index contributed by atoms with van der Waals surface area (Å²) in [5, 5.41) is 3.44. The van der Waals surface area contributed by atoms with E-state index in [2.05, 4.69) is 36.7 Å². The zero-order chi connectivity index (χ0) is 14.5. The molecule has 0 aliphatic carbocycles. The molecule has 0 spiro atoms. The van der Waals surface area contributed by atoms with E-state index in [1.165, 1.54) is 5.52 Å². The second-order valence-corrected chi connectivity index (χ2v) is 5.21. The molecule has 110 valence electrons. The van der Waals surface area contributed by atoms with Gasteiger partial charge in [0.2, 0.25) is 0 Å². The van der Waals surface area contributed by atoms with E-state index >= 15 is 0 Å². The minimum Gasteiger partial charge on any atom is -0.494 e. The highest BCUT2D eigenvalue weighted by atomic mass is 16.5. The second-order valence-electron chi connectivity index (χ2n) is 5.21. The van der Waals surface area contributed by atoms with Crippen LogP contribution < -0.4 is 10.1 Å². The zero-order valence-corrected chi connectivity index (χ0v) is 12.9. The van der Waals surface area contributed by atoms with Crippen molar-refractivity contribution < 1.29 is 4.74 Å². The highest BCUT2D eigenvalue weighted by molar-refractivity contribution is 5.77. The molecule has 4 nitrogen and oxygen atoms in total. The van der Waals surface area contributed by atoms with Crippen LogP contribution in [0.5, 0.6) is 5.75 Å². The first-order valence-corrected chi connectivity index (χ1v) is 7.51. The van der Waals surface area contributed by atoms with Gasteiger partial charge in [0.05, 0.1) is 17.6 Å². The summed E-state index contributed by atoms with van der Waals surface area (Å²) in [7, 11) is 0. The monoisotopic (exact) mass is 275 g/mol. The van der Waals surface area contributed by atoms with Crippen LogP contribution in [0.25, 0.3) is 11.0 Å². The Bertz CT molecular complexity index is 560. The largest absolute Gasteiger partial charge is 0.494 e. The number of rotatable bonds is 7. The van der Waals surface area contributed by atoms with Gasteiger partial charge in [-0.05, 0) is 26.0 Å². The molecule has 0 fully saturated rings. The third kappa shape index (κ3) is 3.31. The lowest BCUT2D eigenvalue weighted by Gasteiger charge is -2.09. The molecular weight excluding hydrogens is 250 g/mol. The maximum Gasteiger partial charge on any atom is 0.121 e. The van der Waals surface area contributed by atoms with Gasteiger partial charge in [-0.2, -0.15) is 0 Å². The van der Waals surface area contributed by atoms with E-state index in [4.69, 9.17) is 9.72 Å². The highest BCUT2D eigenvalue weighted by Crippen LogP contribution is 2.22. The van der Waals surface area contributed by atoms with E-state index in [-0.39, 0.29) is 0 Å². The van der Waals surface area contributed by atoms with Gasteiger partial charge in [-0.25, -0.2) is 4.98 Å². The normalized spacial score (nSPS) is 11.4. The van der Waals surface area contributed by atoms with E-state index in [1.54, 1.807) is 0 Å². The molecule has 0 bridgehead atoms. The van der Waals surface area contributed by atoms with Gasteiger partial charge in [-0.3, -0.25) is 0 Å². The summed E-state index contributed by atoms with van der Waals surface area (Å²) in [5.41, 5.74) is 2.22. The first-order chi connectivity index (χ1) is 9.65. The molecule has 1 aromatic heterocycles. The van der Waals surface area contributed by atoms with Gasteiger partial charge in [0.25, 0.3) is 0 Å². The smallest absolute Gasteiger partial charge is 0.121 e. The van der Waals surface area contributed by atoms with Crippen LogP contribution in [0.4, 0.5) is 0 Å². The number of hydrogen-bond acceptors (Lipinski definition) is 3. The second kappa shape index (κ2) is 6.75. The maximum atomic E-state index is 5.55. The van der Waals surface area contributed by atoms with Gasteiger partial charge in [0.15, 0.2) is 0 Å². The average Bonchev–Trinajstić information content (AvgIpc) is 2.75. The molecule has 0 aliphatic rings. The van der Waals surface area contributed by atoms with Gasteiger partial charge in [0, 0.05) is 31.6 Å². The number of nitrogens with one attached hydrogen (secondary N) is 1. The van der Waals surface area contributed by atoms with Gasteiger partial charge < -0.3 is 14.6 Å². The number of ether oxygens (including phenoxy) is 1. The molecule has 0 aliphatic heterocycles. The third-order valence-electron chi connectivity index (χ3n) is 3.33. The fourth-order valence-corrected chi connectivity index (χ4v) is 2.43. The van der Waals surface area contributed by atoms with E-state index in [0.29, 0.717) is 12.6 Å². The van der Waals surface area contributed by atoms with Crippen molar-refractivity contribution in [3.05, 3.63) is 24.0 Å². The quantitative estimate of drug-likeness (QED) is 0.844. The number of benzene rings is 1. The van der Waals surface area contributed by atoms with Gasteiger partial charge >= 0.3 is 0 Å². The van der Waals surface area contributed by atoms with E-state index in [0.717, 1.165) is 36.6 Å². The molecule has 0 unspecified atom stereocenters. The van der Waals surface area contributed by atoms with E-state index in [9.17, 15) is 0 Å². The Morgan fingerprint density at radius 1 is 1.30 bits per heavy atom. The highest BCUT2D eigenvalue weighted by Gasteiger charge is 2.10. The Labute approximate surface area is 121 Å². The fraction of sp³-hybridized carbons (Fsp3) is 0.562. The fourth-order valence-electron chi connectivity index (χ4n) is 2.43. The van der Waals surface area contributed by atoms with Crippen LogP contribution in [0.15, 0.2) is 18.2 Å². The van der Waals surface area contributed by atoms with Gasteiger partial charge in [-0.1, -0.05) is 13.8 Å². The summed E-state index contributed by atoms with van der Waals surface area (Å²) in [6.07, 6.45) is 0.949. The molecule has 4 heteroatoms. The molecule has 1 heterocycles. The first-order valence-electron chi connectivity index (χ1n) is 7.51. The van der Waals surface area contributed by atoms with Crippen molar-refractivity contribution in [2.45, 2.75) is 46.7 Å². The summed E-state index contributed by atoms with van der Waals surface area (Å²) < 4.78 is 7.83.